The molecule has 1 aliphatic heterocycles. The van der Waals surface area contributed by atoms with E-state index in [-0.39, 0.29) is 24.1 Å². The zero-order chi connectivity index (χ0) is 17.6. The molecule has 2 aromatic carbocycles. The fraction of sp³-hybridized carbons (Fsp3) is 0.350. The lowest BCUT2D eigenvalue weighted by Crippen LogP contribution is -2.47. The maximum absolute atomic E-state index is 13.8. The predicted octanol–water partition coefficient (Wildman–Crippen LogP) is 2.99. The molecule has 0 amide bonds. The van der Waals surface area contributed by atoms with E-state index in [0.717, 1.165) is 26.1 Å². The largest absolute Gasteiger partial charge is 0.396 e. The number of nitrogens with zero attached hydrogens (tertiary/aromatic N) is 2. The van der Waals surface area contributed by atoms with E-state index in [0.29, 0.717) is 5.69 Å². The van der Waals surface area contributed by atoms with Crippen LogP contribution in [0.15, 0.2) is 48.5 Å². The molecule has 5 heteroatoms. The molecular weight excluding hydrogens is 317 g/mol. The monoisotopic (exact) mass is 339 g/mol. The fourth-order valence-corrected chi connectivity index (χ4v) is 3.43. The van der Waals surface area contributed by atoms with E-state index in [1.165, 1.54) is 11.6 Å². The van der Waals surface area contributed by atoms with E-state index >= 15 is 0 Å². The molecule has 2 atom stereocenters. The lowest BCUT2D eigenvalue weighted by molar-refractivity contribution is 0.105. The summed E-state index contributed by atoms with van der Waals surface area (Å²) in [5.74, 6) is -0.484. The van der Waals surface area contributed by atoms with Crippen LogP contribution in [0.4, 0.5) is 10.1 Å². The van der Waals surface area contributed by atoms with Gasteiger partial charge in [-0.3, -0.25) is 4.90 Å². The van der Waals surface area contributed by atoms with Gasteiger partial charge in [0.2, 0.25) is 0 Å². The van der Waals surface area contributed by atoms with E-state index in [9.17, 15) is 14.8 Å². The maximum Gasteiger partial charge on any atom is 0.143 e. The Morgan fingerprint density at radius 2 is 2.00 bits per heavy atom. The van der Waals surface area contributed by atoms with Crippen LogP contribution in [0.1, 0.15) is 17.5 Å². The molecule has 1 heterocycles. The van der Waals surface area contributed by atoms with Gasteiger partial charge in [-0.1, -0.05) is 36.4 Å². The summed E-state index contributed by atoms with van der Waals surface area (Å²) in [7, 11) is 0. The van der Waals surface area contributed by atoms with Crippen molar-refractivity contribution in [3.8, 4) is 6.07 Å². The van der Waals surface area contributed by atoms with Crippen LogP contribution in [0.5, 0.6) is 0 Å². The van der Waals surface area contributed by atoms with Crippen molar-refractivity contribution in [1.82, 2.24) is 4.90 Å². The Balaban J connectivity index is 1.67. The van der Waals surface area contributed by atoms with E-state index in [1.54, 1.807) is 12.1 Å². The molecule has 4 nitrogen and oxygen atoms in total. The first-order valence-corrected chi connectivity index (χ1v) is 8.53. The maximum atomic E-state index is 13.8. The summed E-state index contributed by atoms with van der Waals surface area (Å²) in [6.07, 6.45) is 0.833. The lowest BCUT2D eigenvalue weighted by Gasteiger charge is -2.38. The lowest BCUT2D eigenvalue weighted by atomic mass is 9.91. The number of hydrogen-bond donors (Lipinski definition) is 2. The average Bonchev–Trinajstić information content (AvgIpc) is 2.64. The summed E-state index contributed by atoms with van der Waals surface area (Å²) in [5.41, 5.74) is 1.79. The van der Waals surface area contributed by atoms with Crippen molar-refractivity contribution in [2.75, 3.05) is 25.0 Å². The van der Waals surface area contributed by atoms with Gasteiger partial charge in [-0.25, -0.2) is 4.39 Å². The molecule has 1 saturated heterocycles. The van der Waals surface area contributed by atoms with Crippen molar-refractivity contribution in [2.45, 2.75) is 19.0 Å². The van der Waals surface area contributed by atoms with Gasteiger partial charge in [-0.05, 0) is 24.1 Å². The van der Waals surface area contributed by atoms with Crippen molar-refractivity contribution in [3.05, 3.63) is 65.5 Å². The van der Waals surface area contributed by atoms with Gasteiger partial charge in [0.25, 0.3) is 0 Å². The summed E-state index contributed by atoms with van der Waals surface area (Å²) in [6, 6.07) is 16.8. The SMILES string of the molecule is N#Cc1c(F)cccc1N[C@@H]1CCN(Cc2ccccc2)C[C@@H]1CO. The summed E-state index contributed by atoms with van der Waals surface area (Å²) in [5, 5.41) is 22.2. The number of anilines is 1. The first-order chi connectivity index (χ1) is 12.2. The number of nitriles is 1. The topological polar surface area (TPSA) is 59.3 Å². The van der Waals surface area contributed by atoms with Crippen LogP contribution in [0.2, 0.25) is 0 Å². The quantitative estimate of drug-likeness (QED) is 0.879. The Labute approximate surface area is 147 Å². The third kappa shape index (κ3) is 4.16. The minimum Gasteiger partial charge on any atom is -0.396 e. The second-order valence-corrected chi connectivity index (χ2v) is 6.48. The van der Waals surface area contributed by atoms with E-state index in [4.69, 9.17) is 0 Å². The first kappa shape index (κ1) is 17.4. The van der Waals surface area contributed by atoms with E-state index in [2.05, 4.69) is 22.3 Å². The van der Waals surface area contributed by atoms with Gasteiger partial charge >= 0.3 is 0 Å². The normalized spacial score (nSPS) is 20.8. The molecule has 1 aliphatic rings. The number of nitrogens with one attached hydrogen (secondary N) is 1. The van der Waals surface area contributed by atoms with Crippen molar-refractivity contribution in [3.63, 3.8) is 0 Å². The molecule has 0 radical (unpaired) electrons. The molecule has 0 unspecified atom stereocenters. The van der Waals surface area contributed by atoms with Crippen LogP contribution in [0.3, 0.4) is 0 Å². The van der Waals surface area contributed by atoms with E-state index in [1.807, 2.05) is 24.3 Å². The summed E-state index contributed by atoms with van der Waals surface area (Å²) >= 11 is 0. The Kier molecular flexibility index (Phi) is 5.64. The highest BCUT2D eigenvalue weighted by atomic mass is 19.1. The smallest absolute Gasteiger partial charge is 0.143 e. The zero-order valence-electron chi connectivity index (χ0n) is 14.0. The number of hydrogen-bond acceptors (Lipinski definition) is 4. The van der Waals surface area contributed by atoms with Crippen LogP contribution < -0.4 is 5.32 Å². The van der Waals surface area contributed by atoms with Gasteiger partial charge in [0.1, 0.15) is 17.4 Å². The Hall–Kier alpha value is -2.42. The van der Waals surface area contributed by atoms with Crippen LogP contribution >= 0.6 is 0 Å². The first-order valence-electron chi connectivity index (χ1n) is 8.53. The Morgan fingerprint density at radius 1 is 1.20 bits per heavy atom. The van der Waals surface area contributed by atoms with Crippen molar-refractivity contribution in [1.29, 1.82) is 5.26 Å². The molecule has 3 rings (SSSR count). The van der Waals surface area contributed by atoms with Crippen LogP contribution in [0, 0.1) is 23.1 Å². The standard InChI is InChI=1S/C20H22FN3O/c21-18-7-4-8-20(17(18)11-22)23-19-9-10-24(13-16(19)14-25)12-15-5-2-1-3-6-15/h1-8,16,19,23,25H,9-10,12-14H2/t16-,19-/m1/s1. The number of benzene rings is 2. The summed E-state index contributed by atoms with van der Waals surface area (Å²) in [4.78, 5) is 2.32. The van der Waals surface area contributed by atoms with Gasteiger partial charge in [-0.2, -0.15) is 5.26 Å². The summed E-state index contributed by atoms with van der Waals surface area (Å²) in [6.45, 7) is 2.56. The average molecular weight is 339 g/mol. The van der Waals surface area contributed by atoms with E-state index < -0.39 is 5.82 Å². The molecule has 130 valence electrons. The second kappa shape index (κ2) is 8.11. The number of halogens is 1. The number of aliphatic hydroxyl groups excluding tert-OH is 1. The van der Waals surface area contributed by atoms with Crippen LogP contribution in [-0.4, -0.2) is 35.7 Å². The highest BCUT2D eigenvalue weighted by molar-refractivity contribution is 5.58. The van der Waals surface area contributed by atoms with Crippen molar-refractivity contribution >= 4 is 5.69 Å². The fourth-order valence-electron chi connectivity index (χ4n) is 3.43. The highest BCUT2D eigenvalue weighted by Gasteiger charge is 2.29. The second-order valence-electron chi connectivity index (χ2n) is 6.48. The van der Waals surface area contributed by atoms with Gasteiger partial charge in [-0.15, -0.1) is 0 Å². The van der Waals surface area contributed by atoms with Gasteiger partial charge in [0, 0.05) is 38.2 Å². The Morgan fingerprint density at radius 3 is 2.72 bits per heavy atom. The third-order valence-corrected chi connectivity index (χ3v) is 4.77. The molecule has 0 aromatic heterocycles. The molecule has 2 aromatic rings. The minimum absolute atomic E-state index is 0.0194. The molecule has 0 bridgehead atoms. The van der Waals surface area contributed by atoms with Crippen LogP contribution in [-0.2, 0) is 6.54 Å². The third-order valence-electron chi connectivity index (χ3n) is 4.77. The number of rotatable bonds is 5. The van der Waals surface area contributed by atoms with Gasteiger partial charge < -0.3 is 10.4 Å². The minimum atomic E-state index is -0.519. The molecule has 0 spiro atoms. The number of piperidine rings is 1. The molecule has 25 heavy (non-hydrogen) atoms. The van der Waals surface area contributed by atoms with Crippen molar-refractivity contribution in [2.24, 2.45) is 5.92 Å². The number of aliphatic hydroxyl groups is 1. The van der Waals surface area contributed by atoms with Gasteiger partial charge in [0.15, 0.2) is 0 Å². The Bertz CT molecular complexity index is 744. The molecular formula is C20H22FN3O. The molecule has 1 fully saturated rings. The molecule has 2 N–H and O–H groups in total. The van der Waals surface area contributed by atoms with Crippen LogP contribution in [0.25, 0.3) is 0 Å². The predicted molar refractivity (Wildman–Crippen MR) is 95.4 cm³/mol. The molecule has 0 saturated carbocycles. The van der Waals surface area contributed by atoms with Gasteiger partial charge in [0.05, 0.1) is 5.69 Å². The highest BCUT2D eigenvalue weighted by Crippen LogP contribution is 2.25. The van der Waals surface area contributed by atoms with Crippen molar-refractivity contribution < 1.29 is 9.50 Å². The summed E-state index contributed by atoms with van der Waals surface area (Å²) < 4.78 is 13.8. The molecule has 0 aliphatic carbocycles. The number of likely N-dealkylation sites (tertiary alicyclic amines) is 1. The zero-order valence-corrected chi connectivity index (χ0v) is 14.0.